The molecule has 8 heteroatoms. The van der Waals surface area contributed by atoms with Gasteiger partial charge in [0.1, 0.15) is 5.82 Å². The fourth-order valence-electron chi connectivity index (χ4n) is 2.94. The van der Waals surface area contributed by atoms with Gasteiger partial charge in [-0.05, 0) is 61.2 Å². The number of rotatable bonds is 4. The molecule has 0 atom stereocenters. The highest BCUT2D eigenvalue weighted by Gasteiger charge is 2.30. The number of nitrogens with two attached hydrogens (primary N) is 1. The number of halogens is 1. The number of nitrogens with one attached hydrogen (secondary N) is 1. The van der Waals surface area contributed by atoms with Gasteiger partial charge in [0.05, 0.1) is 18.0 Å². The van der Waals surface area contributed by atoms with E-state index in [9.17, 15) is 12.8 Å². The first-order valence-electron chi connectivity index (χ1n) is 8.69. The Balaban J connectivity index is 1.69. The van der Waals surface area contributed by atoms with Crippen LogP contribution >= 0.6 is 0 Å². The lowest BCUT2D eigenvalue weighted by Gasteiger charge is -2.17. The summed E-state index contributed by atoms with van der Waals surface area (Å²) >= 11 is 0. The standard InChI is InChI=1S/C19H23FN4O2S/c1-13-4-6-16(10-14(13)2)23-19(21)22-12-15-5-7-18(17(20)11-15)24-8-3-9-27(24,25)26/h4-7,10-11H,3,8-9,12H2,1-2H3,(H3,21,22,23). The van der Waals surface area contributed by atoms with Crippen LogP contribution in [0, 0.1) is 19.7 Å². The van der Waals surface area contributed by atoms with Gasteiger partial charge in [0.25, 0.3) is 0 Å². The molecule has 1 saturated heterocycles. The third-order valence-corrected chi connectivity index (χ3v) is 6.45. The van der Waals surface area contributed by atoms with Gasteiger partial charge in [-0.15, -0.1) is 0 Å². The van der Waals surface area contributed by atoms with Crippen LogP contribution in [0.1, 0.15) is 23.1 Å². The quantitative estimate of drug-likeness (QED) is 0.621. The Morgan fingerprint density at radius 2 is 2.00 bits per heavy atom. The smallest absolute Gasteiger partial charge is 0.235 e. The Labute approximate surface area is 159 Å². The lowest BCUT2D eigenvalue weighted by atomic mass is 10.1. The van der Waals surface area contributed by atoms with Gasteiger partial charge in [-0.3, -0.25) is 4.31 Å². The van der Waals surface area contributed by atoms with Crippen molar-refractivity contribution in [2.45, 2.75) is 26.8 Å². The SMILES string of the molecule is Cc1ccc(NC(N)=NCc2ccc(N3CCCS3(=O)=O)c(F)c2)cc1C. The molecule has 3 rings (SSSR count). The van der Waals surface area contributed by atoms with Gasteiger partial charge in [-0.25, -0.2) is 17.8 Å². The molecule has 0 saturated carbocycles. The van der Waals surface area contributed by atoms with E-state index in [4.69, 9.17) is 5.73 Å². The average molecular weight is 390 g/mol. The molecule has 1 fully saturated rings. The second kappa shape index (κ2) is 7.56. The van der Waals surface area contributed by atoms with E-state index in [1.54, 1.807) is 6.07 Å². The van der Waals surface area contributed by atoms with Gasteiger partial charge in [0.2, 0.25) is 10.0 Å². The molecule has 0 bridgehead atoms. The van der Waals surface area contributed by atoms with Crippen molar-refractivity contribution >= 4 is 27.4 Å². The summed E-state index contributed by atoms with van der Waals surface area (Å²) in [6, 6.07) is 10.3. The topological polar surface area (TPSA) is 87.8 Å². The number of aryl methyl sites for hydroxylation is 2. The lowest BCUT2D eigenvalue weighted by molar-refractivity contribution is 0.594. The maximum Gasteiger partial charge on any atom is 0.235 e. The predicted molar refractivity (Wildman–Crippen MR) is 107 cm³/mol. The van der Waals surface area contributed by atoms with Gasteiger partial charge in [0.15, 0.2) is 5.96 Å². The second-order valence-electron chi connectivity index (χ2n) is 6.65. The molecule has 0 amide bonds. The first kappa shape index (κ1) is 19.2. The molecule has 27 heavy (non-hydrogen) atoms. The van der Waals surface area contributed by atoms with Crippen LogP contribution in [0.15, 0.2) is 41.4 Å². The van der Waals surface area contributed by atoms with Crippen molar-refractivity contribution in [2.75, 3.05) is 21.9 Å². The molecule has 0 aliphatic carbocycles. The van der Waals surface area contributed by atoms with Crippen LogP contribution in [0.5, 0.6) is 0 Å². The highest BCUT2D eigenvalue weighted by atomic mass is 32.2. The van der Waals surface area contributed by atoms with Gasteiger partial charge < -0.3 is 11.1 Å². The first-order valence-corrected chi connectivity index (χ1v) is 10.3. The van der Waals surface area contributed by atoms with Gasteiger partial charge in [-0.1, -0.05) is 12.1 Å². The molecular formula is C19H23FN4O2S. The number of aliphatic imine (C=N–C) groups is 1. The zero-order valence-corrected chi connectivity index (χ0v) is 16.2. The Hall–Kier alpha value is -2.61. The van der Waals surface area contributed by atoms with Crippen molar-refractivity contribution in [3.05, 3.63) is 58.9 Å². The molecule has 0 spiro atoms. The lowest BCUT2D eigenvalue weighted by Crippen LogP contribution is -2.26. The van der Waals surface area contributed by atoms with Crippen LogP contribution in [0.3, 0.4) is 0 Å². The maximum absolute atomic E-state index is 14.4. The third-order valence-electron chi connectivity index (χ3n) is 4.59. The fourth-order valence-corrected chi connectivity index (χ4v) is 4.51. The molecular weight excluding hydrogens is 367 g/mol. The largest absolute Gasteiger partial charge is 0.370 e. The Kier molecular flexibility index (Phi) is 5.36. The molecule has 0 radical (unpaired) electrons. The minimum absolute atomic E-state index is 0.0547. The number of guanidine groups is 1. The molecule has 0 aromatic heterocycles. The minimum atomic E-state index is -3.41. The molecule has 0 unspecified atom stereocenters. The molecule has 3 N–H and O–H groups in total. The summed E-state index contributed by atoms with van der Waals surface area (Å²) in [7, 11) is -3.41. The monoisotopic (exact) mass is 390 g/mol. The van der Waals surface area contributed by atoms with E-state index in [1.165, 1.54) is 17.7 Å². The van der Waals surface area contributed by atoms with Crippen LogP contribution in [0.25, 0.3) is 0 Å². The summed E-state index contributed by atoms with van der Waals surface area (Å²) < 4.78 is 39.4. The Morgan fingerprint density at radius 3 is 2.63 bits per heavy atom. The summed E-state index contributed by atoms with van der Waals surface area (Å²) in [4.78, 5) is 4.22. The van der Waals surface area contributed by atoms with E-state index in [1.807, 2.05) is 32.0 Å². The van der Waals surface area contributed by atoms with Crippen molar-refractivity contribution < 1.29 is 12.8 Å². The van der Waals surface area contributed by atoms with E-state index in [0.29, 0.717) is 18.5 Å². The normalized spacial score (nSPS) is 16.6. The summed E-state index contributed by atoms with van der Waals surface area (Å²) in [5.41, 5.74) is 9.76. The summed E-state index contributed by atoms with van der Waals surface area (Å²) in [6.45, 7) is 4.54. The van der Waals surface area contributed by atoms with Crippen LogP contribution < -0.4 is 15.4 Å². The van der Waals surface area contributed by atoms with Gasteiger partial charge in [-0.2, -0.15) is 0 Å². The van der Waals surface area contributed by atoms with Crippen LogP contribution in [-0.4, -0.2) is 26.7 Å². The van der Waals surface area contributed by atoms with Crippen molar-refractivity contribution in [3.63, 3.8) is 0 Å². The van der Waals surface area contributed by atoms with Crippen molar-refractivity contribution in [3.8, 4) is 0 Å². The molecule has 2 aromatic rings. The Morgan fingerprint density at radius 1 is 1.22 bits per heavy atom. The van der Waals surface area contributed by atoms with E-state index < -0.39 is 15.8 Å². The van der Waals surface area contributed by atoms with Gasteiger partial charge in [0, 0.05) is 12.2 Å². The number of nitrogens with zero attached hydrogens (tertiary/aromatic N) is 2. The first-order chi connectivity index (χ1) is 12.8. The number of hydrogen-bond acceptors (Lipinski definition) is 3. The van der Waals surface area contributed by atoms with E-state index in [0.717, 1.165) is 15.6 Å². The highest BCUT2D eigenvalue weighted by Crippen LogP contribution is 2.27. The number of benzene rings is 2. The van der Waals surface area contributed by atoms with Crippen LogP contribution in [0.2, 0.25) is 0 Å². The summed E-state index contributed by atoms with van der Waals surface area (Å²) in [6.07, 6.45) is 0.508. The average Bonchev–Trinajstić information content (AvgIpc) is 2.95. The van der Waals surface area contributed by atoms with E-state index >= 15 is 0 Å². The third kappa shape index (κ3) is 4.39. The number of anilines is 2. The van der Waals surface area contributed by atoms with Gasteiger partial charge >= 0.3 is 0 Å². The molecule has 6 nitrogen and oxygen atoms in total. The molecule has 2 aromatic carbocycles. The minimum Gasteiger partial charge on any atom is -0.370 e. The summed E-state index contributed by atoms with van der Waals surface area (Å²) in [5, 5.41) is 3.01. The Bertz CT molecular complexity index is 989. The zero-order chi connectivity index (χ0) is 19.6. The van der Waals surface area contributed by atoms with Crippen molar-refractivity contribution in [2.24, 2.45) is 10.7 Å². The molecule has 1 heterocycles. The second-order valence-corrected chi connectivity index (χ2v) is 8.67. The number of hydrogen-bond donors (Lipinski definition) is 2. The highest BCUT2D eigenvalue weighted by molar-refractivity contribution is 7.93. The summed E-state index contributed by atoms with van der Waals surface area (Å²) in [5.74, 6) is -0.294. The zero-order valence-electron chi connectivity index (χ0n) is 15.4. The van der Waals surface area contributed by atoms with Crippen LogP contribution in [-0.2, 0) is 16.6 Å². The molecule has 1 aliphatic rings. The maximum atomic E-state index is 14.4. The number of sulfonamides is 1. The van der Waals surface area contributed by atoms with Crippen LogP contribution in [0.4, 0.5) is 15.8 Å². The fraction of sp³-hybridized carbons (Fsp3) is 0.316. The molecule has 1 aliphatic heterocycles. The van der Waals surface area contributed by atoms with E-state index in [-0.39, 0.29) is 23.9 Å². The van der Waals surface area contributed by atoms with E-state index in [2.05, 4.69) is 10.3 Å². The van der Waals surface area contributed by atoms with Crippen molar-refractivity contribution in [1.29, 1.82) is 0 Å². The predicted octanol–water partition coefficient (Wildman–Crippen LogP) is 2.91. The van der Waals surface area contributed by atoms with Crippen molar-refractivity contribution in [1.82, 2.24) is 0 Å². The molecule has 144 valence electrons.